The molecule has 0 bridgehead atoms. The zero-order valence-corrected chi connectivity index (χ0v) is 10.9. The van der Waals surface area contributed by atoms with E-state index >= 15 is 0 Å². The molecule has 1 nitrogen and oxygen atoms in total. The number of hydrogen-bond donors (Lipinski definition) is 0. The Kier molecular flexibility index (Phi) is 3.55. The monoisotopic (exact) mass is 247 g/mol. The Hall–Kier alpha value is -2.15. The molecule has 0 radical (unpaired) electrons. The second-order valence-corrected chi connectivity index (χ2v) is 4.87. The van der Waals surface area contributed by atoms with Crippen molar-refractivity contribution in [1.29, 1.82) is 0 Å². The molecule has 1 atom stereocenters. The van der Waals surface area contributed by atoms with Crippen molar-refractivity contribution in [2.24, 2.45) is 5.92 Å². The summed E-state index contributed by atoms with van der Waals surface area (Å²) < 4.78 is 0. The van der Waals surface area contributed by atoms with Crippen molar-refractivity contribution >= 4 is 5.57 Å². The Bertz CT molecular complexity index is 582. The first kappa shape index (κ1) is 11.9. The van der Waals surface area contributed by atoms with Gasteiger partial charge in [0.1, 0.15) is 0 Å². The fourth-order valence-corrected chi connectivity index (χ4v) is 2.43. The molecule has 1 aliphatic carbocycles. The topological polar surface area (TPSA) is 12.9 Å². The van der Waals surface area contributed by atoms with Gasteiger partial charge in [-0.25, -0.2) is 0 Å². The minimum absolute atomic E-state index is 0.539. The molecule has 2 aromatic rings. The molecule has 0 saturated heterocycles. The van der Waals surface area contributed by atoms with Crippen molar-refractivity contribution in [3.63, 3.8) is 0 Å². The third-order valence-electron chi connectivity index (χ3n) is 3.48. The minimum atomic E-state index is 0.539. The smallest absolute Gasteiger partial charge is 0.0403 e. The SMILES string of the molecule is C1=CC(CCc2ccccn2)C=C1c1ccccc1. The van der Waals surface area contributed by atoms with E-state index in [9.17, 15) is 0 Å². The van der Waals surface area contributed by atoms with Crippen LogP contribution < -0.4 is 0 Å². The van der Waals surface area contributed by atoms with Gasteiger partial charge in [0.05, 0.1) is 0 Å². The fourth-order valence-electron chi connectivity index (χ4n) is 2.43. The average Bonchev–Trinajstić information content (AvgIpc) is 2.96. The first-order valence-corrected chi connectivity index (χ1v) is 6.77. The number of benzene rings is 1. The number of nitrogens with zero attached hydrogens (tertiary/aromatic N) is 1. The number of rotatable bonds is 4. The van der Waals surface area contributed by atoms with Crippen molar-refractivity contribution in [2.45, 2.75) is 12.8 Å². The second kappa shape index (κ2) is 5.66. The molecule has 0 aliphatic heterocycles. The number of pyridine rings is 1. The van der Waals surface area contributed by atoms with Crippen molar-refractivity contribution in [3.05, 3.63) is 84.2 Å². The second-order valence-electron chi connectivity index (χ2n) is 4.87. The average molecular weight is 247 g/mol. The third kappa shape index (κ3) is 3.00. The van der Waals surface area contributed by atoms with Crippen LogP contribution in [0.15, 0.2) is 73.0 Å². The maximum absolute atomic E-state index is 4.37. The van der Waals surface area contributed by atoms with Crippen LogP contribution in [0.25, 0.3) is 5.57 Å². The van der Waals surface area contributed by atoms with Crippen LogP contribution in [0.5, 0.6) is 0 Å². The van der Waals surface area contributed by atoms with E-state index in [1.54, 1.807) is 0 Å². The largest absolute Gasteiger partial charge is 0.261 e. The van der Waals surface area contributed by atoms with Gasteiger partial charge in [0.15, 0.2) is 0 Å². The van der Waals surface area contributed by atoms with Crippen LogP contribution in [0.2, 0.25) is 0 Å². The van der Waals surface area contributed by atoms with Crippen molar-refractivity contribution in [1.82, 2.24) is 4.98 Å². The van der Waals surface area contributed by atoms with Crippen LogP contribution in [-0.2, 0) is 6.42 Å². The predicted octanol–water partition coefficient (Wildman–Crippen LogP) is 4.28. The zero-order valence-electron chi connectivity index (χ0n) is 10.9. The lowest BCUT2D eigenvalue weighted by Crippen LogP contribution is -1.95. The van der Waals surface area contributed by atoms with Gasteiger partial charge in [-0.05, 0) is 42.0 Å². The highest BCUT2D eigenvalue weighted by atomic mass is 14.7. The number of hydrogen-bond acceptors (Lipinski definition) is 1. The third-order valence-corrected chi connectivity index (χ3v) is 3.48. The molecular formula is C18H17N. The predicted molar refractivity (Wildman–Crippen MR) is 79.6 cm³/mol. The van der Waals surface area contributed by atoms with Crippen LogP contribution >= 0.6 is 0 Å². The summed E-state index contributed by atoms with van der Waals surface area (Å²) in [6.45, 7) is 0. The summed E-state index contributed by atoms with van der Waals surface area (Å²) in [5.41, 5.74) is 3.82. The van der Waals surface area contributed by atoms with Gasteiger partial charge in [0.2, 0.25) is 0 Å². The first-order chi connectivity index (χ1) is 9.42. The Morgan fingerprint density at radius 2 is 1.79 bits per heavy atom. The van der Waals surface area contributed by atoms with E-state index in [2.05, 4.69) is 65.7 Å². The van der Waals surface area contributed by atoms with E-state index in [0.717, 1.165) is 12.8 Å². The van der Waals surface area contributed by atoms with Gasteiger partial charge in [0, 0.05) is 11.9 Å². The van der Waals surface area contributed by atoms with Gasteiger partial charge < -0.3 is 0 Å². The Labute approximate surface area is 114 Å². The molecule has 19 heavy (non-hydrogen) atoms. The molecule has 1 aromatic heterocycles. The normalized spacial score (nSPS) is 17.5. The van der Waals surface area contributed by atoms with Gasteiger partial charge in [0.25, 0.3) is 0 Å². The molecule has 1 heteroatoms. The van der Waals surface area contributed by atoms with Gasteiger partial charge in [-0.3, -0.25) is 4.98 Å². The highest BCUT2D eigenvalue weighted by Crippen LogP contribution is 2.27. The summed E-state index contributed by atoms with van der Waals surface area (Å²) >= 11 is 0. The molecule has 0 saturated carbocycles. The number of allylic oxidation sites excluding steroid dienone is 4. The lowest BCUT2D eigenvalue weighted by atomic mass is 10.0. The van der Waals surface area contributed by atoms with Gasteiger partial charge in [-0.1, -0.05) is 54.6 Å². The molecule has 1 heterocycles. The van der Waals surface area contributed by atoms with Crippen molar-refractivity contribution in [3.8, 4) is 0 Å². The summed E-state index contributed by atoms with van der Waals surface area (Å²) in [6, 6.07) is 16.7. The summed E-state index contributed by atoms with van der Waals surface area (Å²) in [5, 5.41) is 0. The standard InChI is InChI=1S/C18H17N/c1-2-6-16(7-3-1)17-11-9-15(14-17)10-12-18-8-4-5-13-19-18/h1-9,11,13-15H,10,12H2. The van der Waals surface area contributed by atoms with Crippen LogP contribution in [0.4, 0.5) is 0 Å². The molecule has 1 unspecified atom stereocenters. The fraction of sp³-hybridized carbons (Fsp3) is 0.167. The van der Waals surface area contributed by atoms with E-state index in [4.69, 9.17) is 0 Å². The lowest BCUT2D eigenvalue weighted by Gasteiger charge is -2.04. The quantitative estimate of drug-likeness (QED) is 0.785. The molecule has 1 aromatic carbocycles. The summed E-state index contributed by atoms with van der Waals surface area (Å²) in [5.74, 6) is 0.539. The van der Waals surface area contributed by atoms with Gasteiger partial charge in [-0.15, -0.1) is 0 Å². The maximum Gasteiger partial charge on any atom is 0.0403 e. The summed E-state index contributed by atoms with van der Waals surface area (Å²) in [6.07, 6.45) is 10.9. The molecular weight excluding hydrogens is 230 g/mol. The van der Waals surface area contributed by atoms with Gasteiger partial charge in [-0.2, -0.15) is 0 Å². The van der Waals surface area contributed by atoms with Crippen molar-refractivity contribution in [2.75, 3.05) is 0 Å². The highest BCUT2D eigenvalue weighted by Gasteiger charge is 2.10. The molecule has 0 N–H and O–H groups in total. The molecule has 3 rings (SSSR count). The van der Waals surface area contributed by atoms with E-state index < -0.39 is 0 Å². The lowest BCUT2D eigenvalue weighted by molar-refractivity contribution is 0.704. The Morgan fingerprint density at radius 3 is 2.58 bits per heavy atom. The van der Waals surface area contributed by atoms with Crippen LogP contribution in [-0.4, -0.2) is 4.98 Å². The Morgan fingerprint density at radius 1 is 0.947 bits per heavy atom. The Balaban J connectivity index is 1.63. The van der Waals surface area contributed by atoms with Crippen LogP contribution in [0.3, 0.4) is 0 Å². The number of aryl methyl sites for hydroxylation is 1. The number of aromatic nitrogens is 1. The molecule has 0 amide bonds. The van der Waals surface area contributed by atoms with Crippen LogP contribution in [0, 0.1) is 5.92 Å². The summed E-state index contributed by atoms with van der Waals surface area (Å²) in [4.78, 5) is 4.37. The highest BCUT2D eigenvalue weighted by molar-refractivity contribution is 5.76. The molecule has 1 aliphatic rings. The molecule has 0 fully saturated rings. The molecule has 94 valence electrons. The first-order valence-electron chi connectivity index (χ1n) is 6.77. The van der Waals surface area contributed by atoms with E-state index in [0.29, 0.717) is 5.92 Å². The summed E-state index contributed by atoms with van der Waals surface area (Å²) in [7, 11) is 0. The van der Waals surface area contributed by atoms with Crippen LogP contribution in [0.1, 0.15) is 17.7 Å². The van der Waals surface area contributed by atoms with Crippen molar-refractivity contribution < 1.29 is 0 Å². The van der Waals surface area contributed by atoms with E-state index in [1.807, 2.05) is 12.3 Å². The molecule has 0 spiro atoms. The minimum Gasteiger partial charge on any atom is -0.261 e. The van der Waals surface area contributed by atoms with Gasteiger partial charge >= 0.3 is 0 Å². The maximum atomic E-state index is 4.37. The van der Waals surface area contributed by atoms with E-state index in [-0.39, 0.29) is 0 Å². The van der Waals surface area contributed by atoms with E-state index in [1.165, 1.54) is 16.8 Å². The zero-order chi connectivity index (χ0) is 12.9.